The highest BCUT2D eigenvalue weighted by molar-refractivity contribution is 6.46. The van der Waals surface area contributed by atoms with Gasteiger partial charge in [-0.2, -0.15) is 0 Å². The van der Waals surface area contributed by atoms with Gasteiger partial charge in [0.1, 0.15) is 17.1 Å². The quantitative estimate of drug-likeness (QED) is 0.168. The molecule has 2 aromatic heterocycles. The number of fused-ring (bicyclic) bond motifs is 1. The average molecular weight is 519 g/mol. The zero-order valence-electron chi connectivity index (χ0n) is 23.0. The van der Waals surface area contributed by atoms with Crippen molar-refractivity contribution < 1.29 is 19.4 Å². The number of aliphatic hydroxyl groups is 1. The van der Waals surface area contributed by atoms with E-state index in [2.05, 4.69) is 30.7 Å². The minimum Gasteiger partial charge on any atom is -0.505 e. The van der Waals surface area contributed by atoms with Gasteiger partial charge in [-0.1, -0.05) is 45.4 Å². The lowest BCUT2D eigenvalue weighted by molar-refractivity contribution is -0.140. The van der Waals surface area contributed by atoms with Crippen LogP contribution in [-0.2, 0) is 9.59 Å². The maximum atomic E-state index is 13.5. The number of carbonyl (C=O) groups is 2. The van der Waals surface area contributed by atoms with Crippen molar-refractivity contribution in [2.45, 2.75) is 53.5 Å². The monoisotopic (exact) mass is 518 g/mol. The summed E-state index contributed by atoms with van der Waals surface area (Å²) in [5.41, 5.74) is 3.47. The number of rotatable bonds is 11. The molecule has 8 nitrogen and oxygen atoms in total. The van der Waals surface area contributed by atoms with Gasteiger partial charge in [-0.3, -0.25) is 9.59 Å². The van der Waals surface area contributed by atoms with E-state index in [4.69, 9.17) is 4.74 Å². The summed E-state index contributed by atoms with van der Waals surface area (Å²) in [6, 6.07) is 10.6. The molecule has 0 saturated carbocycles. The zero-order chi connectivity index (χ0) is 27.4. The number of nitrogens with zero attached hydrogens (tertiary/aromatic N) is 4. The zero-order valence-corrected chi connectivity index (χ0v) is 23.0. The van der Waals surface area contributed by atoms with Gasteiger partial charge in [0.15, 0.2) is 5.76 Å². The first-order valence-electron chi connectivity index (χ1n) is 13.5. The topological polar surface area (TPSA) is 87.4 Å². The third kappa shape index (κ3) is 5.18. The molecule has 0 bridgehead atoms. The van der Waals surface area contributed by atoms with Gasteiger partial charge < -0.3 is 24.0 Å². The summed E-state index contributed by atoms with van der Waals surface area (Å²) >= 11 is 0. The van der Waals surface area contributed by atoms with E-state index in [1.54, 1.807) is 4.90 Å². The Morgan fingerprint density at radius 2 is 1.79 bits per heavy atom. The Bertz CT molecular complexity index is 1340. The van der Waals surface area contributed by atoms with E-state index in [-0.39, 0.29) is 11.3 Å². The molecule has 38 heavy (non-hydrogen) atoms. The molecule has 0 radical (unpaired) electrons. The summed E-state index contributed by atoms with van der Waals surface area (Å²) in [7, 11) is 0. The van der Waals surface area contributed by atoms with Crippen LogP contribution in [0, 0.1) is 13.8 Å². The van der Waals surface area contributed by atoms with Crippen molar-refractivity contribution >= 4 is 23.1 Å². The summed E-state index contributed by atoms with van der Waals surface area (Å²) in [5.74, 6) is -0.815. The molecule has 4 rings (SSSR count). The number of amides is 1. The first-order valence-corrected chi connectivity index (χ1v) is 13.5. The number of likely N-dealkylation sites (tertiary alicyclic amines) is 1. The van der Waals surface area contributed by atoms with E-state index in [9.17, 15) is 14.7 Å². The minimum atomic E-state index is -0.722. The summed E-state index contributed by atoms with van der Waals surface area (Å²) in [6.07, 6.45) is 3.88. The molecule has 1 aliphatic heterocycles. The van der Waals surface area contributed by atoms with E-state index in [0.29, 0.717) is 36.7 Å². The standard InChI is InChI=1S/C30H38N4O4/c1-6-9-19-38-23-14-12-22(13-15-23)26-24(28(36)30(37)34(26)18-17-32(7-2)8-3)27(35)25-21(5)33-16-10-11-20(4)29(33)31-25/h10-16,26,35H,6-9,17-19H2,1-5H3. The van der Waals surface area contributed by atoms with Crippen LogP contribution >= 0.6 is 0 Å². The molecule has 0 spiro atoms. The number of imidazole rings is 1. The number of benzene rings is 1. The molecule has 1 fully saturated rings. The first kappa shape index (κ1) is 27.4. The molecular weight excluding hydrogens is 480 g/mol. The molecule has 1 N–H and O–H groups in total. The van der Waals surface area contributed by atoms with Gasteiger partial charge in [0, 0.05) is 19.3 Å². The number of pyridine rings is 1. The maximum Gasteiger partial charge on any atom is 0.295 e. The Morgan fingerprint density at radius 1 is 1.08 bits per heavy atom. The molecule has 1 amide bonds. The lowest BCUT2D eigenvalue weighted by Gasteiger charge is -2.28. The number of ether oxygens (including phenoxy) is 1. The number of ketones is 1. The number of aliphatic hydroxyl groups excluding tert-OH is 1. The molecule has 1 aromatic carbocycles. The summed E-state index contributed by atoms with van der Waals surface area (Å²) < 4.78 is 7.70. The van der Waals surface area contributed by atoms with Gasteiger partial charge in [0.25, 0.3) is 11.7 Å². The van der Waals surface area contributed by atoms with Crippen molar-refractivity contribution in [3.63, 3.8) is 0 Å². The summed E-state index contributed by atoms with van der Waals surface area (Å²) in [6.45, 7) is 13.4. The molecule has 1 saturated heterocycles. The van der Waals surface area contributed by atoms with Gasteiger partial charge in [0.2, 0.25) is 0 Å². The van der Waals surface area contributed by atoms with Crippen LogP contribution in [0.15, 0.2) is 48.2 Å². The van der Waals surface area contributed by atoms with Crippen LogP contribution in [0.5, 0.6) is 5.75 Å². The largest absolute Gasteiger partial charge is 0.505 e. The predicted octanol–water partition coefficient (Wildman–Crippen LogP) is 4.89. The van der Waals surface area contributed by atoms with Gasteiger partial charge >= 0.3 is 0 Å². The molecule has 1 unspecified atom stereocenters. The van der Waals surface area contributed by atoms with Gasteiger partial charge in [-0.05, 0) is 62.7 Å². The molecule has 8 heteroatoms. The molecular formula is C30H38N4O4. The Hall–Kier alpha value is -3.65. The fourth-order valence-electron chi connectivity index (χ4n) is 5.00. The van der Waals surface area contributed by atoms with Crippen LogP contribution in [0.3, 0.4) is 0 Å². The molecule has 3 aromatic rings. The number of hydrogen-bond donors (Lipinski definition) is 1. The van der Waals surface area contributed by atoms with E-state index >= 15 is 0 Å². The number of Topliss-reactive ketones (excluding diaryl/α,β-unsaturated/α-hetero) is 1. The number of likely N-dealkylation sites (N-methyl/N-ethyl adjacent to an activating group) is 1. The Kier molecular flexibility index (Phi) is 8.52. The van der Waals surface area contributed by atoms with Crippen molar-refractivity contribution in [3.8, 4) is 5.75 Å². The predicted molar refractivity (Wildman–Crippen MR) is 148 cm³/mol. The number of carbonyl (C=O) groups excluding carboxylic acids is 2. The van der Waals surface area contributed by atoms with Crippen molar-refractivity contribution in [1.82, 2.24) is 19.2 Å². The summed E-state index contributed by atoms with van der Waals surface area (Å²) in [5, 5.41) is 11.6. The van der Waals surface area contributed by atoms with E-state index < -0.39 is 17.7 Å². The van der Waals surface area contributed by atoms with Crippen molar-refractivity contribution in [2.24, 2.45) is 0 Å². The number of aromatic nitrogens is 2. The average Bonchev–Trinajstić information content (AvgIpc) is 3.39. The van der Waals surface area contributed by atoms with E-state index in [1.807, 2.05) is 60.8 Å². The lowest BCUT2D eigenvalue weighted by Crippen LogP contribution is -2.38. The highest BCUT2D eigenvalue weighted by atomic mass is 16.5. The highest BCUT2D eigenvalue weighted by Crippen LogP contribution is 2.40. The molecule has 3 heterocycles. The second-order valence-corrected chi connectivity index (χ2v) is 9.72. The normalized spacial score (nSPS) is 17.2. The van der Waals surface area contributed by atoms with Gasteiger partial charge in [-0.25, -0.2) is 4.98 Å². The number of aryl methyl sites for hydroxylation is 2. The SMILES string of the molecule is CCCCOc1ccc(C2C(=C(O)c3nc4c(C)cccn4c3C)C(=O)C(=O)N2CCN(CC)CC)cc1. The Morgan fingerprint density at radius 3 is 2.42 bits per heavy atom. The molecule has 1 aliphatic rings. The lowest BCUT2D eigenvalue weighted by atomic mass is 9.96. The van der Waals surface area contributed by atoms with Gasteiger partial charge in [0.05, 0.1) is 23.9 Å². The highest BCUT2D eigenvalue weighted by Gasteiger charge is 2.46. The fraction of sp³-hybridized carbons (Fsp3) is 0.433. The Labute approximate surface area is 224 Å². The number of unbranched alkanes of at least 4 members (excludes halogenated alkanes) is 1. The summed E-state index contributed by atoms with van der Waals surface area (Å²) in [4.78, 5) is 35.2. The first-order chi connectivity index (χ1) is 18.3. The van der Waals surface area contributed by atoms with Gasteiger partial charge in [-0.15, -0.1) is 0 Å². The second kappa shape index (κ2) is 11.8. The van der Waals surface area contributed by atoms with E-state index in [1.165, 1.54) is 0 Å². The van der Waals surface area contributed by atoms with Crippen LogP contribution in [0.2, 0.25) is 0 Å². The number of hydrogen-bond acceptors (Lipinski definition) is 6. The molecule has 0 aliphatic carbocycles. The van der Waals surface area contributed by atoms with Crippen LogP contribution in [0.25, 0.3) is 11.4 Å². The van der Waals surface area contributed by atoms with Crippen LogP contribution in [0.4, 0.5) is 0 Å². The van der Waals surface area contributed by atoms with Crippen LogP contribution in [-0.4, -0.2) is 68.8 Å². The second-order valence-electron chi connectivity index (χ2n) is 9.72. The van der Waals surface area contributed by atoms with Crippen molar-refractivity contribution in [3.05, 3.63) is 70.7 Å². The van der Waals surface area contributed by atoms with Crippen molar-refractivity contribution in [1.29, 1.82) is 0 Å². The molecule has 202 valence electrons. The van der Waals surface area contributed by atoms with Crippen LogP contribution < -0.4 is 4.74 Å². The van der Waals surface area contributed by atoms with Crippen molar-refractivity contribution in [2.75, 3.05) is 32.8 Å². The maximum absolute atomic E-state index is 13.5. The van der Waals surface area contributed by atoms with Crippen LogP contribution in [0.1, 0.15) is 62.2 Å². The third-order valence-corrected chi connectivity index (χ3v) is 7.36. The third-order valence-electron chi connectivity index (χ3n) is 7.36. The smallest absolute Gasteiger partial charge is 0.295 e. The molecule has 1 atom stereocenters. The Balaban J connectivity index is 1.80. The van der Waals surface area contributed by atoms with E-state index in [0.717, 1.165) is 42.8 Å². The minimum absolute atomic E-state index is 0.0679. The fourth-order valence-corrected chi connectivity index (χ4v) is 5.00.